The highest BCUT2D eigenvalue weighted by molar-refractivity contribution is 5.67. The van der Waals surface area contributed by atoms with Gasteiger partial charge in [-0.2, -0.15) is 5.10 Å². The average molecular weight is 258 g/mol. The molecule has 1 heterocycles. The molecule has 0 fully saturated rings. The number of aryl methyl sites for hydroxylation is 4. The lowest BCUT2D eigenvalue weighted by Gasteiger charge is -2.09. The number of hydrogen-bond acceptors (Lipinski definition) is 2. The van der Waals surface area contributed by atoms with E-state index in [2.05, 4.69) is 23.3 Å². The van der Waals surface area contributed by atoms with Gasteiger partial charge in [0.2, 0.25) is 0 Å². The molecule has 1 N–H and O–H groups in total. The van der Waals surface area contributed by atoms with Gasteiger partial charge in [-0.25, -0.2) is 4.68 Å². The lowest BCUT2D eigenvalue weighted by Crippen LogP contribution is -2.03. The van der Waals surface area contributed by atoms with E-state index in [0.29, 0.717) is 6.42 Å². The molecule has 1 aromatic carbocycles. The van der Waals surface area contributed by atoms with E-state index in [1.165, 1.54) is 5.56 Å². The van der Waals surface area contributed by atoms with E-state index in [1.807, 2.05) is 31.5 Å². The Morgan fingerprint density at radius 2 is 2.00 bits per heavy atom. The van der Waals surface area contributed by atoms with Gasteiger partial charge in [-0.15, -0.1) is 0 Å². The minimum absolute atomic E-state index is 0.114. The molecule has 4 nitrogen and oxygen atoms in total. The van der Waals surface area contributed by atoms with Crippen LogP contribution in [0.15, 0.2) is 24.3 Å². The van der Waals surface area contributed by atoms with E-state index < -0.39 is 5.97 Å². The molecule has 0 saturated carbocycles. The van der Waals surface area contributed by atoms with Crippen molar-refractivity contribution >= 4 is 5.97 Å². The molecule has 4 heteroatoms. The molecule has 0 aliphatic rings. The van der Waals surface area contributed by atoms with Crippen LogP contribution in [0.2, 0.25) is 0 Å². The summed E-state index contributed by atoms with van der Waals surface area (Å²) in [5.74, 6) is -0.793. The molecule has 0 bridgehead atoms. The second-order valence-corrected chi connectivity index (χ2v) is 4.87. The van der Waals surface area contributed by atoms with Crippen LogP contribution in [0.1, 0.15) is 28.9 Å². The van der Waals surface area contributed by atoms with E-state index in [9.17, 15) is 4.79 Å². The third kappa shape index (κ3) is 3.02. The van der Waals surface area contributed by atoms with Crippen molar-refractivity contribution in [3.05, 3.63) is 46.8 Å². The molecular weight excluding hydrogens is 240 g/mol. The molecule has 0 aliphatic heterocycles. The van der Waals surface area contributed by atoms with Crippen molar-refractivity contribution < 1.29 is 9.90 Å². The van der Waals surface area contributed by atoms with Crippen LogP contribution in [0, 0.1) is 20.8 Å². The van der Waals surface area contributed by atoms with Gasteiger partial charge >= 0.3 is 5.97 Å². The zero-order chi connectivity index (χ0) is 14.0. The predicted octanol–water partition coefficient (Wildman–Crippen LogP) is 2.81. The number of carboxylic acids is 1. The van der Waals surface area contributed by atoms with E-state index in [0.717, 1.165) is 22.6 Å². The predicted molar refractivity (Wildman–Crippen MR) is 73.7 cm³/mol. The fraction of sp³-hybridized carbons (Fsp3) is 0.333. The first-order chi connectivity index (χ1) is 8.97. The van der Waals surface area contributed by atoms with Crippen molar-refractivity contribution in [1.29, 1.82) is 0 Å². The Hall–Kier alpha value is -2.10. The summed E-state index contributed by atoms with van der Waals surface area (Å²) in [6, 6.07) is 8.19. The van der Waals surface area contributed by atoms with Gasteiger partial charge in [0, 0.05) is 12.1 Å². The molecule has 2 aromatic rings. The molecule has 100 valence electrons. The number of carbonyl (C=O) groups is 1. The Kier molecular flexibility index (Phi) is 3.69. The Labute approximate surface area is 112 Å². The van der Waals surface area contributed by atoms with Crippen LogP contribution in [0.3, 0.4) is 0 Å². The summed E-state index contributed by atoms with van der Waals surface area (Å²) in [5, 5.41) is 13.2. The molecule has 0 spiro atoms. The molecule has 0 saturated heterocycles. The summed E-state index contributed by atoms with van der Waals surface area (Å²) in [6.45, 7) is 6.08. The van der Waals surface area contributed by atoms with E-state index in [1.54, 1.807) is 0 Å². The highest BCUT2D eigenvalue weighted by atomic mass is 16.4. The second-order valence-electron chi connectivity index (χ2n) is 4.87. The van der Waals surface area contributed by atoms with Gasteiger partial charge in [0.25, 0.3) is 0 Å². The van der Waals surface area contributed by atoms with Gasteiger partial charge in [0.1, 0.15) is 0 Å². The zero-order valence-corrected chi connectivity index (χ0v) is 11.5. The van der Waals surface area contributed by atoms with Crippen molar-refractivity contribution in [3.63, 3.8) is 0 Å². The van der Waals surface area contributed by atoms with Crippen molar-refractivity contribution in [2.24, 2.45) is 0 Å². The standard InChI is InChI=1S/C15H18N2O2/c1-10-4-5-11(2)14(8-10)17-12(3)9-13(16-17)6-7-15(18)19/h4-5,8-9H,6-7H2,1-3H3,(H,18,19). The molecule has 0 unspecified atom stereocenters. The fourth-order valence-corrected chi connectivity index (χ4v) is 2.09. The number of nitrogens with zero attached hydrogens (tertiary/aromatic N) is 2. The number of hydrogen-bond donors (Lipinski definition) is 1. The van der Waals surface area contributed by atoms with Crippen molar-refractivity contribution in [2.75, 3.05) is 0 Å². The van der Waals surface area contributed by atoms with Crippen LogP contribution in [-0.2, 0) is 11.2 Å². The molecule has 0 aliphatic carbocycles. The molecule has 1 aromatic heterocycles. The molecule has 0 radical (unpaired) electrons. The van der Waals surface area contributed by atoms with Crippen molar-refractivity contribution in [2.45, 2.75) is 33.6 Å². The number of benzene rings is 1. The van der Waals surface area contributed by atoms with Gasteiger partial charge in [0.15, 0.2) is 0 Å². The Balaban J connectivity index is 2.34. The second kappa shape index (κ2) is 5.26. The molecule has 2 rings (SSSR count). The van der Waals surface area contributed by atoms with Gasteiger partial charge in [0.05, 0.1) is 17.8 Å². The molecular formula is C15H18N2O2. The lowest BCUT2D eigenvalue weighted by molar-refractivity contribution is -0.136. The summed E-state index contributed by atoms with van der Waals surface area (Å²) in [4.78, 5) is 10.6. The van der Waals surface area contributed by atoms with Gasteiger partial charge < -0.3 is 5.11 Å². The molecule has 19 heavy (non-hydrogen) atoms. The summed E-state index contributed by atoms with van der Waals surface area (Å²) in [7, 11) is 0. The molecule has 0 atom stereocenters. The summed E-state index contributed by atoms with van der Waals surface area (Å²) in [6.07, 6.45) is 0.581. The van der Waals surface area contributed by atoms with Gasteiger partial charge in [-0.3, -0.25) is 4.79 Å². The van der Waals surface area contributed by atoms with E-state index in [4.69, 9.17) is 5.11 Å². The van der Waals surface area contributed by atoms with Gasteiger partial charge in [-0.1, -0.05) is 12.1 Å². The number of aliphatic carboxylic acids is 1. The SMILES string of the molecule is Cc1ccc(C)c(-n2nc(CCC(=O)O)cc2C)c1. The van der Waals surface area contributed by atoms with Crippen LogP contribution in [0.25, 0.3) is 5.69 Å². The first-order valence-electron chi connectivity index (χ1n) is 6.32. The third-order valence-electron chi connectivity index (χ3n) is 3.13. The first kappa shape index (κ1) is 13.3. The summed E-state index contributed by atoms with van der Waals surface area (Å²) < 4.78 is 1.89. The topological polar surface area (TPSA) is 55.1 Å². The zero-order valence-electron chi connectivity index (χ0n) is 11.5. The van der Waals surface area contributed by atoms with Crippen LogP contribution < -0.4 is 0 Å². The normalized spacial score (nSPS) is 10.7. The number of carboxylic acid groups (broad SMARTS) is 1. The maximum absolute atomic E-state index is 10.6. The minimum Gasteiger partial charge on any atom is -0.481 e. The van der Waals surface area contributed by atoms with Crippen LogP contribution in [0.4, 0.5) is 0 Å². The highest BCUT2D eigenvalue weighted by Gasteiger charge is 2.09. The molecule has 0 amide bonds. The third-order valence-corrected chi connectivity index (χ3v) is 3.13. The Morgan fingerprint density at radius 3 is 2.68 bits per heavy atom. The maximum atomic E-state index is 10.6. The minimum atomic E-state index is -0.793. The quantitative estimate of drug-likeness (QED) is 0.917. The van der Waals surface area contributed by atoms with Crippen LogP contribution in [-0.4, -0.2) is 20.9 Å². The lowest BCUT2D eigenvalue weighted by atomic mass is 10.1. The van der Waals surface area contributed by atoms with E-state index >= 15 is 0 Å². The first-order valence-corrected chi connectivity index (χ1v) is 6.32. The highest BCUT2D eigenvalue weighted by Crippen LogP contribution is 2.18. The van der Waals surface area contributed by atoms with Crippen LogP contribution in [0.5, 0.6) is 0 Å². The van der Waals surface area contributed by atoms with Crippen LogP contribution >= 0.6 is 0 Å². The monoisotopic (exact) mass is 258 g/mol. The van der Waals surface area contributed by atoms with Crippen molar-refractivity contribution in [3.8, 4) is 5.69 Å². The largest absolute Gasteiger partial charge is 0.481 e. The van der Waals surface area contributed by atoms with Crippen molar-refractivity contribution in [1.82, 2.24) is 9.78 Å². The van der Waals surface area contributed by atoms with Gasteiger partial charge in [-0.05, 0) is 44.0 Å². The number of rotatable bonds is 4. The fourth-order valence-electron chi connectivity index (χ4n) is 2.09. The number of aromatic nitrogens is 2. The maximum Gasteiger partial charge on any atom is 0.303 e. The average Bonchev–Trinajstić information content (AvgIpc) is 2.71. The van der Waals surface area contributed by atoms with E-state index in [-0.39, 0.29) is 6.42 Å². The summed E-state index contributed by atoms with van der Waals surface area (Å²) in [5.41, 5.74) is 5.23. The smallest absolute Gasteiger partial charge is 0.303 e. The summed E-state index contributed by atoms with van der Waals surface area (Å²) >= 11 is 0. The Bertz CT molecular complexity index is 615. The Morgan fingerprint density at radius 1 is 1.26 bits per heavy atom.